The quantitative estimate of drug-likeness (QED) is 0.791. The second-order valence-electron chi connectivity index (χ2n) is 4.30. The fourth-order valence-corrected chi connectivity index (χ4v) is 3.17. The molecule has 0 bridgehead atoms. The zero-order valence-electron chi connectivity index (χ0n) is 11.3. The van der Waals surface area contributed by atoms with Gasteiger partial charge in [-0.05, 0) is 24.5 Å². The molecule has 1 aromatic rings. The van der Waals surface area contributed by atoms with Gasteiger partial charge in [-0.25, -0.2) is 0 Å². The summed E-state index contributed by atoms with van der Waals surface area (Å²) < 4.78 is 0. The average molecular weight is 264 g/mol. The molecule has 4 heteroatoms. The summed E-state index contributed by atoms with van der Waals surface area (Å²) in [7, 11) is 1.75. The Hall–Kier alpha value is -1.34. The predicted molar refractivity (Wildman–Crippen MR) is 74.9 cm³/mol. The molecule has 1 aromatic heterocycles. The van der Waals surface area contributed by atoms with Gasteiger partial charge < -0.3 is 4.90 Å². The third-order valence-electron chi connectivity index (χ3n) is 2.87. The molecule has 0 spiro atoms. The van der Waals surface area contributed by atoms with Crippen LogP contribution in [-0.4, -0.2) is 24.4 Å². The summed E-state index contributed by atoms with van der Waals surface area (Å²) in [4.78, 5) is 15.9. The highest BCUT2D eigenvalue weighted by molar-refractivity contribution is 7.14. The number of carbonyl (C=O) groups is 1. The molecule has 3 nitrogen and oxygen atoms in total. The Morgan fingerprint density at radius 1 is 1.50 bits per heavy atom. The number of nitriles is 1. The van der Waals surface area contributed by atoms with Crippen LogP contribution in [0.3, 0.4) is 0 Å². The fraction of sp³-hybridized carbons (Fsp3) is 0.571. The van der Waals surface area contributed by atoms with E-state index in [0.717, 1.165) is 24.1 Å². The van der Waals surface area contributed by atoms with Gasteiger partial charge in [0, 0.05) is 18.5 Å². The second kappa shape index (κ2) is 7.17. The van der Waals surface area contributed by atoms with Crippen LogP contribution in [0.2, 0.25) is 0 Å². The first kappa shape index (κ1) is 14.7. The van der Waals surface area contributed by atoms with Crippen LogP contribution in [0.5, 0.6) is 0 Å². The molecule has 0 atom stereocenters. The lowest BCUT2D eigenvalue weighted by Gasteiger charge is -2.13. The van der Waals surface area contributed by atoms with Gasteiger partial charge in [0.15, 0.2) is 0 Å². The van der Waals surface area contributed by atoms with Crippen molar-refractivity contribution in [2.24, 2.45) is 0 Å². The van der Waals surface area contributed by atoms with E-state index < -0.39 is 0 Å². The Bertz CT molecular complexity index is 445. The number of hydrogen-bond donors (Lipinski definition) is 0. The van der Waals surface area contributed by atoms with Crippen molar-refractivity contribution in [2.45, 2.75) is 39.5 Å². The van der Waals surface area contributed by atoms with E-state index in [1.54, 1.807) is 23.3 Å². The van der Waals surface area contributed by atoms with Crippen molar-refractivity contribution in [3.05, 3.63) is 21.4 Å². The number of carbonyl (C=O) groups excluding carboxylic acids is 1. The van der Waals surface area contributed by atoms with Crippen molar-refractivity contribution in [3.63, 3.8) is 0 Å². The molecule has 0 saturated heterocycles. The molecule has 0 radical (unpaired) electrons. The Kier molecular flexibility index (Phi) is 5.87. The first-order valence-electron chi connectivity index (χ1n) is 6.38. The molecule has 0 N–H and O–H groups in total. The van der Waals surface area contributed by atoms with Gasteiger partial charge in [0.2, 0.25) is 0 Å². The largest absolute Gasteiger partial charge is 0.340 e. The van der Waals surface area contributed by atoms with Crippen molar-refractivity contribution in [3.8, 4) is 6.07 Å². The highest BCUT2D eigenvalue weighted by Gasteiger charge is 2.16. The maximum absolute atomic E-state index is 12.2. The van der Waals surface area contributed by atoms with Crippen molar-refractivity contribution in [1.29, 1.82) is 5.26 Å². The van der Waals surface area contributed by atoms with Gasteiger partial charge in [0.1, 0.15) is 0 Å². The van der Waals surface area contributed by atoms with Crippen LogP contribution in [0, 0.1) is 11.3 Å². The molecule has 0 unspecified atom stereocenters. The van der Waals surface area contributed by atoms with Crippen LogP contribution in [0.25, 0.3) is 0 Å². The Labute approximate surface area is 113 Å². The van der Waals surface area contributed by atoms with E-state index in [2.05, 4.69) is 19.9 Å². The lowest BCUT2D eigenvalue weighted by Crippen LogP contribution is -2.26. The van der Waals surface area contributed by atoms with Crippen molar-refractivity contribution in [1.82, 2.24) is 4.90 Å². The smallest absolute Gasteiger partial charge is 0.263 e. The van der Waals surface area contributed by atoms with E-state index in [-0.39, 0.29) is 5.91 Å². The first-order chi connectivity index (χ1) is 8.63. The summed E-state index contributed by atoms with van der Waals surface area (Å²) in [6.07, 6.45) is 3.51. The normalized spacial score (nSPS) is 10.1. The number of hydrogen-bond acceptors (Lipinski definition) is 3. The Morgan fingerprint density at radius 2 is 2.22 bits per heavy atom. The van der Waals surface area contributed by atoms with Crippen LogP contribution >= 0.6 is 11.3 Å². The third-order valence-corrected chi connectivity index (χ3v) is 4.10. The SMILES string of the molecule is CCCc1sc(C(=O)N(C)CCC#N)cc1CC. The lowest BCUT2D eigenvalue weighted by molar-refractivity contribution is 0.0802. The molecule has 1 amide bonds. The minimum Gasteiger partial charge on any atom is -0.340 e. The molecule has 18 heavy (non-hydrogen) atoms. The van der Waals surface area contributed by atoms with Gasteiger partial charge in [0.25, 0.3) is 5.91 Å². The number of aryl methyl sites for hydroxylation is 2. The molecule has 0 aliphatic heterocycles. The monoisotopic (exact) mass is 264 g/mol. The predicted octanol–water partition coefficient (Wildman–Crippen LogP) is 3.25. The van der Waals surface area contributed by atoms with Gasteiger partial charge in [-0.2, -0.15) is 5.26 Å². The zero-order valence-corrected chi connectivity index (χ0v) is 12.1. The lowest BCUT2D eigenvalue weighted by atomic mass is 10.1. The fourth-order valence-electron chi connectivity index (χ4n) is 1.82. The molecule has 1 rings (SSSR count). The third kappa shape index (κ3) is 3.58. The van der Waals surface area contributed by atoms with Gasteiger partial charge in [-0.1, -0.05) is 20.3 Å². The molecule has 1 heterocycles. The summed E-state index contributed by atoms with van der Waals surface area (Å²) in [6, 6.07) is 4.08. The highest BCUT2D eigenvalue weighted by atomic mass is 32.1. The van der Waals surface area contributed by atoms with E-state index in [1.807, 2.05) is 6.07 Å². The van der Waals surface area contributed by atoms with Crippen molar-refractivity contribution < 1.29 is 4.79 Å². The summed E-state index contributed by atoms with van der Waals surface area (Å²) in [5.74, 6) is 0.0345. The molecule has 0 saturated carbocycles. The standard InChI is InChI=1S/C14H20N2OS/c1-4-7-12-11(5-2)10-13(18-12)14(17)16(3)9-6-8-15/h10H,4-7,9H2,1-3H3. The van der Waals surface area contributed by atoms with Crippen LogP contribution in [0.4, 0.5) is 0 Å². The number of thiophene rings is 1. The van der Waals surface area contributed by atoms with Crippen LogP contribution in [-0.2, 0) is 12.8 Å². The number of amides is 1. The van der Waals surface area contributed by atoms with E-state index in [0.29, 0.717) is 13.0 Å². The van der Waals surface area contributed by atoms with Crippen LogP contribution in [0.1, 0.15) is 46.8 Å². The minimum absolute atomic E-state index is 0.0345. The van der Waals surface area contributed by atoms with Gasteiger partial charge in [0.05, 0.1) is 17.4 Å². The Morgan fingerprint density at radius 3 is 2.78 bits per heavy atom. The molecule has 0 aliphatic carbocycles. The maximum Gasteiger partial charge on any atom is 0.263 e. The molecule has 0 aromatic carbocycles. The summed E-state index contributed by atoms with van der Waals surface area (Å²) in [5.41, 5.74) is 1.29. The van der Waals surface area contributed by atoms with Gasteiger partial charge in [-0.3, -0.25) is 4.79 Å². The molecular formula is C14H20N2OS. The van der Waals surface area contributed by atoms with Gasteiger partial charge in [-0.15, -0.1) is 11.3 Å². The van der Waals surface area contributed by atoms with Crippen molar-refractivity contribution >= 4 is 17.2 Å². The number of rotatable bonds is 6. The molecule has 0 aliphatic rings. The van der Waals surface area contributed by atoms with Crippen molar-refractivity contribution in [2.75, 3.05) is 13.6 Å². The molecule has 0 fully saturated rings. The Balaban J connectivity index is 2.83. The first-order valence-corrected chi connectivity index (χ1v) is 7.19. The molecule has 98 valence electrons. The topological polar surface area (TPSA) is 44.1 Å². The maximum atomic E-state index is 12.2. The highest BCUT2D eigenvalue weighted by Crippen LogP contribution is 2.25. The van der Waals surface area contributed by atoms with Crippen LogP contribution < -0.4 is 0 Å². The van der Waals surface area contributed by atoms with E-state index in [9.17, 15) is 4.79 Å². The molecular weight excluding hydrogens is 244 g/mol. The van der Waals surface area contributed by atoms with Crippen LogP contribution in [0.15, 0.2) is 6.07 Å². The zero-order chi connectivity index (χ0) is 13.5. The summed E-state index contributed by atoms with van der Waals surface area (Å²) in [6.45, 7) is 4.77. The average Bonchev–Trinajstić information content (AvgIpc) is 2.78. The van der Waals surface area contributed by atoms with Gasteiger partial charge >= 0.3 is 0 Å². The minimum atomic E-state index is 0.0345. The van der Waals surface area contributed by atoms with E-state index in [1.165, 1.54) is 10.4 Å². The van der Waals surface area contributed by atoms with E-state index in [4.69, 9.17) is 5.26 Å². The summed E-state index contributed by atoms with van der Waals surface area (Å²) in [5, 5.41) is 8.54. The van der Waals surface area contributed by atoms with E-state index >= 15 is 0 Å². The number of nitrogens with zero attached hydrogens (tertiary/aromatic N) is 2. The second-order valence-corrected chi connectivity index (χ2v) is 5.43. The summed E-state index contributed by atoms with van der Waals surface area (Å²) >= 11 is 1.60.